The Morgan fingerprint density at radius 1 is 1.39 bits per heavy atom. The second kappa shape index (κ2) is 5.35. The second-order valence-electron chi connectivity index (χ2n) is 4.96. The maximum Gasteiger partial charge on any atom is 0.274 e. The van der Waals surface area contributed by atoms with Crippen LogP contribution >= 0.6 is 0 Å². The lowest BCUT2D eigenvalue weighted by Gasteiger charge is -2.30. The zero-order chi connectivity index (χ0) is 13.1. The minimum atomic E-state index is -0.346. The molecule has 0 aromatic heterocycles. The van der Waals surface area contributed by atoms with Gasteiger partial charge in [0.2, 0.25) is 0 Å². The molecule has 0 unspecified atom stereocenters. The lowest BCUT2D eigenvalue weighted by atomic mass is 9.91. The van der Waals surface area contributed by atoms with Crippen molar-refractivity contribution >= 4 is 11.4 Å². The molecule has 0 radical (unpaired) electrons. The number of nitrogens with two attached hydrogens (primary N) is 1. The van der Waals surface area contributed by atoms with Gasteiger partial charge in [-0.2, -0.15) is 0 Å². The van der Waals surface area contributed by atoms with Gasteiger partial charge < -0.3 is 11.1 Å². The van der Waals surface area contributed by atoms with Gasteiger partial charge in [0.1, 0.15) is 0 Å². The molecule has 5 heteroatoms. The molecule has 1 aromatic rings. The van der Waals surface area contributed by atoms with Crippen molar-refractivity contribution in [1.82, 2.24) is 0 Å². The van der Waals surface area contributed by atoms with E-state index in [9.17, 15) is 10.1 Å². The van der Waals surface area contributed by atoms with Crippen LogP contribution in [-0.4, -0.2) is 17.0 Å². The summed E-state index contributed by atoms with van der Waals surface area (Å²) < 4.78 is 0. The van der Waals surface area contributed by atoms with E-state index in [0.717, 1.165) is 18.5 Å². The summed E-state index contributed by atoms with van der Waals surface area (Å²) in [5.74, 6) is 0. The maximum absolute atomic E-state index is 10.9. The molecule has 2 atom stereocenters. The van der Waals surface area contributed by atoms with Gasteiger partial charge >= 0.3 is 0 Å². The molecule has 98 valence electrons. The number of anilines is 1. The van der Waals surface area contributed by atoms with Gasteiger partial charge in [-0.05, 0) is 25.8 Å². The van der Waals surface area contributed by atoms with E-state index in [0.29, 0.717) is 5.56 Å². The average Bonchev–Trinajstić information content (AvgIpc) is 2.34. The summed E-state index contributed by atoms with van der Waals surface area (Å²) in [5.41, 5.74) is 7.68. The number of benzene rings is 1. The Bertz CT molecular complexity index is 448. The fourth-order valence-corrected chi connectivity index (χ4v) is 2.45. The van der Waals surface area contributed by atoms with Crippen LogP contribution in [0, 0.1) is 17.0 Å². The van der Waals surface area contributed by atoms with Crippen molar-refractivity contribution in [2.24, 2.45) is 5.73 Å². The Kier molecular flexibility index (Phi) is 3.81. The normalized spacial score (nSPS) is 23.7. The van der Waals surface area contributed by atoms with Crippen molar-refractivity contribution in [3.05, 3.63) is 33.9 Å². The molecule has 0 spiro atoms. The van der Waals surface area contributed by atoms with E-state index in [2.05, 4.69) is 5.32 Å². The Morgan fingerprint density at radius 2 is 2.11 bits per heavy atom. The molecule has 2 rings (SSSR count). The topological polar surface area (TPSA) is 81.2 Å². The van der Waals surface area contributed by atoms with Crippen molar-refractivity contribution in [3.63, 3.8) is 0 Å². The van der Waals surface area contributed by atoms with Gasteiger partial charge in [0.05, 0.1) is 4.92 Å². The van der Waals surface area contributed by atoms with Gasteiger partial charge in [-0.1, -0.05) is 18.9 Å². The first-order valence-electron chi connectivity index (χ1n) is 6.35. The van der Waals surface area contributed by atoms with Crippen LogP contribution in [-0.2, 0) is 0 Å². The van der Waals surface area contributed by atoms with Crippen LogP contribution in [0.4, 0.5) is 11.4 Å². The van der Waals surface area contributed by atoms with Gasteiger partial charge in [-0.15, -0.1) is 0 Å². The van der Waals surface area contributed by atoms with Crippen LogP contribution in [0.15, 0.2) is 18.2 Å². The largest absolute Gasteiger partial charge is 0.381 e. The molecule has 1 aliphatic carbocycles. The van der Waals surface area contributed by atoms with Crippen LogP contribution < -0.4 is 11.1 Å². The van der Waals surface area contributed by atoms with Gasteiger partial charge in [-0.3, -0.25) is 10.1 Å². The smallest absolute Gasteiger partial charge is 0.274 e. The SMILES string of the molecule is Cc1ccc(N[C@@H]2CCCC[C@H]2N)cc1[N+](=O)[O-]. The highest BCUT2D eigenvalue weighted by Gasteiger charge is 2.22. The first-order valence-corrected chi connectivity index (χ1v) is 6.35. The van der Waals surface area contributed by atoms with Crippen molar-refractivity contribution < 1.29 is 4.92 Å². The predicted octanol–water partition coefficient (Wildman–Crippen LogP) is 2.59. The molecule has 1 aromatic carbocycles. The monoisotopic (exact) mass is 249 g/mol. The van der Waals surface area contributed by atoms with E-state index in [-0.39, 0.29) is 22.7 Å². The van der Waals surface area contributed by atoms with Crippen molar-refractivity contribution in [1.29, 1.82) is 0 Å². The van der Waals surface area contributed by atoms with Crippen molar-refractivity contribution in [3.8, 4) is 0 Å². The van der Waals surface area contributed by atoms with E-state index in [1.54, 1.807) is 19.1 Å². The van der Waals surface area contributed by atoms with Crippen LogP contribution in [0.2, 0.25) is 0 Å². The highest BCUT2D eigenvalue weighted by Crippen LogP contribution is 2.25. The Hall–Kier alpha value is -1.62. The lowest BCUT2D eigenvalue weighted by Crippen LogP contribution is -2.42. The molecule has 3 N–H and O–H groups in total. The number of nitrogens with one attached hydrogen (secondary N) is 1. The van der Waals surface area contributed by atoms with Gasteiger partial charge in [0.15, 0.2) is 0 Å². The van der Waals surface area contributed by atoms with E-state index in [4.69, 9.17) is 5.73 Å². The zero-order valence-corrected chi connectivity index (χ0v) is 10.6. The summed E-state index contributed by atoms with van der Waals surface area (Å²) >= 11 is 0. The Labute approximate surface area is 107 Å². The number of aryl methyl sites for hydroxylation is 1. The molecule has 5 nitrogen and oxygen atoms in total. The molecule has 0 aliphatic heterocycles. The maximum atomic E-state index is 10.9. The fraction of sp³-hybridized carbons (Fsp3) is 0.538. The molecule has 0 saturated heterocycles. The number of rotatable bonds is 3. The highest BCUT2D eigenvalue weighted by molar-refractivity contribution is 5.55. The minimum absolute atomic E-state index is 0.138. The number of nitrogens with zero attached hydrogens (tertiary/aromatic N) is 1. The minimum Gasteiger partial charge on any atom is -0.381 e. The lowest BCUT2D eigenvalue weighted by molar-refractivity contribution is -0.385. The zero-order valence-electron chi connectivity index (χ0n) is 10.6. The van der Waals surface area contributed by atoms with Crippen LogP contribution in [0.25, 0.3) is 0 Å². The van der Waals surface area contributed by atoms with E-state index < -0.39 is 0 Å². The Balaban J connectivity index is 2.14. The first-order chi connectivity index (χ1) is 8.58. The third kappa shape index (κ3) is 2.79. The van der Waals surface area contributed by atoms with Crippen molar-refractivity contribution in [2.75, 3.05) is 5.32 Å². The summed E-state index contributed by atoms with van der Waals surface area (Å²) in [6, 6.07) is 5.61. The van der Waals surface area contributed by atoms with Crippen LogP contribution in [0.5, 0.6) is 0 Å². The van der Waals surface area contributed by atoms with E-state index in [1.165, 1.54) is 12.8 Å². The molecule has 18 heavy (non-hydrogen) atoms. The molecular weight excluding hydrogens is 230 g/mol. The number of hydrogen-bond donors (Lipinski definition) is 2. The first kappa shape index (κ1) is 12.8. The molecule has 1 saturated carbocycles. The quantitative estimate of drug-likeness (QED) is 0.637. The summed E-state index contributed by atoms with van der Waals surface area (Å²) in [6.45, 7) is 1.74. The standard InChI is InChI=1S/C13H19N3O2/c1-9-6-7-10(8-13(9)16(17)18)15-12-5-3-2-4-11(12)14/h6-8,11-12,15H,2-5,14H2,1H3/t11-,12-/m1/s1. The van der Waals surface area contributed by atoms with Gasteiger partial charge in [0.25, 0.3) is 5.69 Å². The third-order valence-corrected chi connectivity index (χ3v) is 3.58. The van der Waals surface area contributed by atoms with Gasteiger partial charge in [0, 0.05) is 29.4 Å². The summed E-state index contributed by atoms with van der Waals surface area (Å²) in [4.78, 5) is 10.5. The second-order valence-corrected chi connectivity index (χ2v) is 4.96. The van der Waals surface area contributed by atoms with E-state index >= 15 is 0 Å². The third-order valence-electron chi connectivity index (χ3n) is 3.58. The van der Waals surface area contributed by atoms with Crippen LogP contribution in [0.1, 0.15) is 31.2 Å². The molecule has 0 heterocycles. The summed E-state index contributed by atoms with van der Waals surface area (Å²) in [5, 5.41) is 14.2. The summed E-state index contributed by atoms with van der Waals surface area (Å²) in [6.07, 6.45) is 4.39. The fourth-order valence-electron chi connectivity index (χ4n) is 2.45. The average molecular weight is 249 g/mol. The molecule has 1 fully saturated rings. The number of nitro groups is 1. The van der Waals surface area contributed by atoms with Gasteiger partial charge in [-0.25, -0.2) is 0 Å². The molecule has 0 amide bonds. The molecule has 0 bridgehead atoms. The molecule has 1 aliphatic rings. The predicted molar refractivity (Wildman–Crippen MR) is 71.7 cm³/mol. The van der Waals surface area contributed by atoms with Crippen LogP contribution in [0.3, 0.4) is 0 Å². The number of nitro benzene ring substituents is 1. The highest BCUT2D eigenvalue weighted by atomic mass is 16.6. The van der Waals surface area contributed by atoms with E-state index in [1.807, 2.05) is 6.07 Å². The Morgan fingerprint density at radius 3 is 2.78 bits per heavy atom. The molecular formula is C13H19N3O2. The van der Waals surface area contributed by atoms with Crippen molar-refractivity contribution in [2.45, 2.75) is 44.7 Å². The number of hydrogen-bond acceptors (Lipinski definition) is 4. The summed E-state index contributed by atoms with van der Waals surface area (Å²) in [7, 11) is 0.